The van der Waals surface area contributed by atoms with E-state index < -0.39 is 0 Å². The number of amides is 1. The van der Waals surface area contributed by atoms with Gasteiger partial charge in [-0.2, -0.15) is 5.10 Å². The number of carbonyl (C=O) groups is 1. The van der Waals surface area contributed by atoms with Gasteiger partial charge in [-0.15, -0.1) is 0 Å². The third-order valence-electron chi connectivity index (χ3n) is 6.07. The Bertz CT molecular complexity index is 775. The van der Waals surface area contributed by atoms with Gasteiger partial charge in [-0.25, -0.2) is 4.98 Å². The summed E-state index contributed by atoms with van der Waals surface area (Å²) in [5.41, 5.74) is 1.11. The van der Waals surface area contributed by atoms with Gasteiger partial charge < -0.3 is 21.0 Å². The second kappa shape index (κ2) is 7.05. The molecular formula is C18H25N7OS. The van der Waals surface area contributed by atoms with Crippen molar-refractivity contribution in [1.82, 2.24) is 15.2 Å². The topological polar surface area (TPSA) is 98.9 Å². The highest BCUT2D eigenvalue weighted by Crippen LogP contribution is 2.44. The Morgan fingerprint density at radius 1 is 1.52 bits per heavy atom. The normalized spacial score (nSPS) is 26.3. The minimum atomic E-state index is -0.187. The minimum absolute atomic E-state index is 0.0958. The van der Waals surface area contributed by atoms with Crippen molar-refractivity contribution in [3.05, 3.63) is 18.3 Å². The van der Waals surface area contributed by atoms with Gasteiger partial charge in [0.05, 0.1) is 23.4 Å². The monoisotopic (exact) mass is 387 g/mol. The lowest BCUT2D eigenvalue weighted by Crippen LogP contribution is -2.65. The number of hydrogen-bond donors (Lipinski definition) is 3. The zero-order chi connectivity index (χ0) is 19.0. The number of rotatable bonds is 3. The van der Waals surface area contributed by atoms with Crippen molar-refractivity contribution >= 4 is 40.7 Å². The van der Waals surface area contributed by atoms with E-state index in [-0.39, 0.29) is 23.3 Å². The van der Waals surface area contributed by atoms with E-state index in [0.29, 0.717) is 19.1 Å². The molecule has 2 atom stereocenters. The first kappa shape index (κ1) is 18.1. The highest BCUT2D eigenvalue weighted by Gasteiger charge is 2.52. The largest absolute Gasteiger partial charge is 0.374 e. The van der Waals surface area contributed by atoms with Crippen molar-refractivity contribution < 1.29 is 4.79 Å². The molecule has 0 radical (unpaired) electrons. The Balaban J connectivity index is 1.60. The van der Waals surface area contributed by atoms with Gasteiger partial charge >= 0.3 is 0 Å². The van der Waals surface area contributed by atoms with Gasteiger partial charge in [0.25, 0.3) is 5.91 Å². The number of carbonyl (C=O) groups excluding carboxylic acids is 1. The van der Waals surface area contributed by atoms with Gasteiger partial charge in [0.15, 0.2) is 11.5 Å². The van der Waals surface area contributed by atoms with Crippen molar-refractivity contribution in [2.75, 3.05) is 29.9 Å². The van der Waals surface area contributed by atoms with Gasteiger partial charge in [0.2, 0.25) is 0 Å². The van der Waals surface area contributed by atoms with Crippen molar-refractivity contribution in [2.24, 2.45) is 10.9 Å². The van der Waals surface area contributed by atoms with E-state index in [4.69, 9.17) is 18.1 Å². The van der Waals surface area contributed by atoms with Crippen LogP contribution in [-0.2, 0) is 4.79 Å². The molecule has 1 aromatic heterocycles. The fourth-order valence-corrected chi connectivity index (χ4v) is 4.84. The van der Waals surface area contributed by atoms with E-state index in [2.05, 4.69) is 38.6 Å². The number of anilines is 2. The van der Waals surface area contributed by atoms with Crippen LogP contribution in [0, 0.1) is 0 Å². The molecular weight excluding hydrogens is 362 g/mol. The number of pyridine rings is 1. The van der Waals surface area contributed by atoms with E-state index in [1.807, 2.05) is 12.3 Å². The molecule has 1 amide bonds. The molecule has 2 fully saturated rings. The maximum atomic E-state index is 12.5. The number of fused-ring (bicyclic) bond motifs is 4. The van der Waals surface area contributed by atoms with Crippen LogP contribution in [0.15, 0.2) is 23.4 Å². The van der Waals surface area contributed by atoms with Crippen LogP contribution in [0.1, 0.15) is 26.2 Å². The number of piperidine rings is 1. The van der Waals surface area contributed by atoms with E-state index in [0.717, 1.165) is 37.3 Å². The van der Waals surface area contributed by atoms with Crippen LogP contribution in [0.3, 0.4) is 0 Å². The highest BCUT2D eigenvalue weighted by atomic mass is 32.1. The zero-order valence-corrected chi connectivity index (χ0v) is 16.2. The summed E-state index contributed by atoms with van der Waals surface area (Å²) in [7, 11) is 0. The molecule has 3 aliphatic heterocycles. The first-order valence-corrected chi connectivity index (χ1v) is 9.88. The molecule has 2 unspecified atom stereocenters. The summed E-state index contributed by atoms with van der Waals surface area (Å²) in [6, 6.07) is 4.36. The van der Waals surface area contributed by atoms with Gasteiger partial charge in [-0.3, -0.25) is 10.1 Å². The van der Waals surface area contributed by atoms with Crippen LogP contribution >= 0.6 is 12.2 Å². The number of nitrogens with two attached hydrogens (primary N) is 1. The molecule has 4 N–H and O–H groups in total. The number of aromatic nitrogens is 1. The Morgan fingerprint density at radius 3 is 2.96 bits per heavy atom. The standard InChI is InChI=1S/C18H25N7OS/c1-2-15-21-10-14-18(22-12-4-3-7-20-16(12)25(14)15)5-8-24(9-6-18)17(26)13(11-27)23-19/h3-4,7,11,14-15,21-22H,2,5-6,8-10,19H2,1H3/b23-13+. The van der Waals surface area contributed by atoms with Gasteiger partial charge in [-0.05, 0) is 31.4 Å². The second-order valence-electron chi connectivity index (χ2n) is 7.34. The van der Waals surface area contributed by atoms with E-state index >= 15 is 0 Å². The highest BCUT2D eigenvalue weighted by molar-refractivity contribution is 7.80. The van der Waals surface area contributed by atoms with Crippen LogP contribution < -0.4 is 21.4 Å². The fourth-order valence-electron chi connectivity index (χ4n) is 4.68. The summed E-state index contributed by atoms with van der Waals surface area (Å²) < 4.78 is 0. The lowest BCUT2D eigenvalue weighted by Gasteiger charge is -2.53. The molecule has 4 rings (SSSR count). The maximum Gasteiger partial charge on any atom is 0.275 e. The lowest BCUT2D eigenvalue weighted by molar-refractivity contribution is -0.125. The average molecular weight is 388 g/mol. The molecule has 1 spiro atoms. The van der Waals surface area contributed by atoms with E-state index in [1.165, 1.54) is 5.37 Å². The van der Waals surface area contributed by atoms with Crippen molar-refractivity contribution in [1.29, 1.82) is 0 Å². The first-order chi connectivity index (χ1) is 13.1. The molecule has 3 aliphatic rings. The summed E-state index contributed by atoms with van der Waals surface area (Å²) in [5, 5.41) is 12.2. The summed E-state index contributed by atoms with van der Waals surface area (Å²) in [6.45, 7) is 4.39. The predicted molar refractivity (Wildman–Crippen MR) is 110 cm³/mol. The number of nitrogens with zero attached hydrogens (tertiary/aromatic N) is 4. The van der Waals surface area contributed by atoms with E-state index in [9.17, 15) is 4.79 Å². The molecule has 4 heterocycles. The predicted octanol–water partition coefficient (Wildman–Crippen LogP) is 0.697. The lowest BCUT2D eigenvalue weighted by atomic mass is 9.78. The molecule has 0 aliphatic carbocycles. The molecule has 8 nitrogen and oxygen atoms in total. The van der Waals surface area contributed by atoms with Crippen molar-refractivity contribution in [3.8, 4) is 0 Å². The average Bonchev–Trinajstić information content (AvgIpc) is 3.15. The molecule has 1 aromatic rings. The minimum Gasteiger partial charge on any atom is -0.374 e. The number of thiocarbonyl (C=S) groups is 1. The van der Waals surface area contributed by atoms with Crippen LogP contribution in [-0.4, -0.2) is 64.3 Å². The third-order valence-corrected chi connectivity index (χ3v) is 6.29. The SMILES string of the molecule is CCC1NCC2N1c1ncccc1NC21CCN(C(=O)/C(C=S)=N/N)CC1. The van der Waals surface area contributed by atoms with Gasteiger partial charge in [0, 0.05) is 31.2 Å². The summed E-state index contributed by atoms with van der Waals surface area (Å²) >= 11 is 4.85. The van der Waals surface area contributed by atoms with Gasteiger partial charge in [-0.1, -0.05) is 19.1 Å². The second-order valence-corrected chi connectivity index (χ2v) is 7.57. The van der Waals surface area contributed by atoms with Crippen LogP contribution in [0.2, 0.25) is 0 Å². The Labute approximate surface area is 164 Å². The number of likely N-dealkylation sites (tertiary alicyclic amines) is 1. The number of hydrazone groups is 1. The van der Waals surface area contributed by atoms with Crippen LogP contribution in [0.5, 0.6) is 0 Å². The van der Waals surface area contributed by atoms with Crippen molar-refractivity contribution in [2.45, 2.75) is 43.9 Å². The molecule has 144 valence electrons. The Kier molecular flexibility index (Phi) is 4.73. The Hall–Kier alpha value is -2.26. The summed E-state index contributed by atoms with van der Waals surface area (Å²) in [6.07, 6.45) is 4.84. The Morgan fingerprint density at radius 2 is 2.30 bits per heavy atom. The molecule has 9 heteroatoms. The van der Waals surface area contributed by atoms with Gasteiger partial charge in [0.1, 0.15) is 0 Å². The van der Waals surface area contributed by atoms with Crippen molar-refractivity contribution in [3.63, 3.8) is 0 Å². The fraction of sp³-hybridized carbons (Fsp3) is 0.556. The summed E-state index contributed by atoms with van der Waals surface area (Å²) in [5.74, 6) is 6.12. The molecule has 27 heavy (non-hydrogen) atoms. The van der Waals surface area contributed by atoms with Crippen LogP contribution in [0.4, 0.5) is 11.5 Å². The zero-order valence-electron chi connectivity index (χ0n) is 15.4. The number of hydrogen-bond acceptors (Lipinski definition) is 8. The quantitative estimate of drug-likeness (QED) is 0.304. The molecule has 2 saturated heterocycles. The maximum absolute atomic E-state index is 12.5. The summed E-state index contributed by atoms with van der Waals surface area (Å²) in [4.78, 5) is 21.4. The molecule has 0 bridgehead atoms. The third kappa shape index (κ3) is 2.85. The van der Waals surface area contributed by atoms with E-state index in [1.54, 1.807) is 4.90 Å². The molecule has 0 saturated carbocycles. The smallest absolute Gasteiger partial charge is 0.275 e. The number of nitrogens with one attached hydrogen (secondary N) is 2. The molecule has 0 aromatic carbocycles. The van der Waals surface area contributed by atoms with Crippen LogP contribution in [0.25, 0.3) is 0 Å². The first-order valence-electron chi connectivity index (χ1n) is 9.41.